The van der Waals surface area contributed by atoms with E-state index in [0.717, 1.165) is 43.4 Å². The normalized spacial score (nSPS) is 19.5. The van der Waals surface area contributed by atoms with Gasteiger partial charge in [0, 0.05) is 36.8 Å². The molecule has 3 rings (SSSR count). The Morgan fingerprint density at radius 1 is 1.21 bits per heavy atom. The monoisotopic (exact) mass is 419 g/mol. The molecule has 1 aromatic carbocycles. The molecule has 0 unspecified atom stereocenters. The maximum atomic E-state index is 11.9. The van der Waals surface area contributed by atoms with Crippen LogP contribution in [0, 0.1) is 16.0 Å². The highest BCUT2D eigenvalue weighted by atomic mass is 32.2. The zero-order valence-electron chi connectivity index (χ0n) is 16.5. The predicted molar refractivity (Wildman–Crippen MR) is 110 cm³/mol. The van der Waals surface area contributed by atoms with E-state index < -0.39 is 20.4 Å². The van der Waals surface area contributed by atoms with Crippen molar-refractivity contribution in [1.29, 1.82) is 0 Å². The Morgan fingerprint density at radius 3 is 2.59 bits per heavy atom. The summed E-state index contributed by atoms with van der Waals surface area (Å²) in [7, 11) is -3.72. The number of nitrogens with zero attached hydrogens (tertiary/aromatic N) is 2. The minimum atomic E-state index is -3.72. The summed E-state index contributed by atoms with van der Waals surface area (Å²) >= 11 is 0. The van der Waals surface area contributed by atoms with Crippen molar-refractivity contribution in [3.05, 3.63) is 52.2 Å². The average molecular weight is 420 g/mol. The van der Waals surface area contributed by atoms with Crippen LogP contribution in [-0.4, -0.2) is 30.7 Å². The first-order valence-electron chi connectivity index (χ1n) is 9.56. The first-order chi connectivity index (χ1) is 13.7. The van der Waals surface area contributed by atoms with Gasteiger partial charge in [-0.15, -0.1) is 0 Å². The number of nitro benzene ring substituents is 1. The quantitative estimate of drug-likeness (QED) is 0.534. The van der Waals surface area contributed by atoms with Gasteiger partial charge in [0.1, 0.15) is 11.0 Å². The Balaban J connectivity index is 1.68. The van der Waals surface area contributed by atoms with Gasteiger partial charge in [0.05, 0.1) is 4.92 Å². The van der Waals surface area contributed by atoms with E-state index in [-0.39, 0.29) is 11.0 Å². The van der Waals surface area contributed by atoms with Gasteiger partial charge >= 0.3 is 0 Å². The standard InChI is InChI=1S/C20H25N3O5S/c1-14-3-6-17(7-4-14)28-20-11-15(9-10-21-20)13-22-16-5-8-18(23(24)25)19(12-16)29(2,26)27/h5,8-12,14,17,22H,3-4,6-7,13H2,1-2H3. The topological polar surface area (TPSA) is 111 Å². The lowest BCUT2D eigenvalue weighted by molar-refractivity contribution is -0.387. The lowest BCUT2D eigenvalue weighted by atomic mass is 9.89. The molecular weight excluding hydrogens is 394 g/mol. The summed E-state index contributed by atoms with van der Waals surface area (Å²) in [5.74, 6) is 1.32. The zero-order valence-corrected chi connectivity index (χ0v) is 17.3. The maximum absolute atomic E-state index is 11.9. The zero-order chi connectivity index (χ0) is 21.0. The number of ether oxygens (including phenoxy) is 1. The van der Waals surface area contributed by atoms with Gasteiger partial charge in [-0.3, -0.25) is 10.1 Å². The molecule has 1 fully saturated rings. The van der Waals surface area contributed by atoms with Crippen LogP contribution in [0.2, 0.25) is 0 Å². The SMILES string of the molecule is CC1CCC(Oc2cc(CNc3ccc([N+](=O)[O-])c(S(C)(=O)=O)c3)ccn2)CC1. The van der Waals surface area contributed by atoms with Crippen molar-refractivity contribution in [1.82, 2.24) is 4.98 Å². The Labute approximate surface area is 170 Å². The number of anilines is 1. The van der Waals surface area contributed by atoms with Gasteiger partial charge in [0.25, 0.3) is 5.69 Å². The Kier molecular flexibility index (Phi) is 6.36. The van der Waals surface area contributed by atoms with Gasteiger partial charge in [0.2, 0.25) is 5.88 Å². The third-order valence-corrected chi connectivity index (χ3v) is 6.23. The Hall–Kier alpha value is -2.68. The summed E-state index contributed by atoms with van der Waals surface area (Å²) < 4.78 is 29.8. The molecule has 2 aromatic rings. The van der Waals surface area contributed by atoms with Crippen molar-refractivity contribution < 1.29 is 18.1 Å². The highest BCUT2D eigenvalue weighted by Gasteiger charge is 2.22. The van der Waals surface area contributed by atoms with Crippen molar-refractivity contribution in [3.8, 4) is 5.88 Å². The van der Waals surface area contributed by atoms with Crippen LogP contribution in [0.25, 0.3) is 0 Å². The van der Waals surface area contributed by atoms with Crippen LogP contribution >= 0.6 is 0 Å². The molecule has 1 aliphatic rings. The van der Waals surface area contributed by atoms with Gasteiger partial charge in [0.15, 0.2) is 9.84 Å². The van der Waals surface area contributed by atoms with Crippen LogP contribution in [0.4, 0.5) is 11.4 Å². The number of hydrogen-bond donors (Lipinski definition) is 1. The van der Waals surface area contributed by atoms with Gasteiger partial charge < -0.3 is 10.1 Å². The molecule has 1 heterocycles. The molecular formula is C20H25N3O5S. The number of hydrogen-bond acceptors (Lipinski definition) is 7. The van der Waals surface area contributed by atoms with Crippen molar-refractivity contribution in [2.24, 2.45) is 5.92 Å². The highest BCUT2D eigenvalue weighted by molar-refractivity contribution is 7.90. The van der Waals surface area contributed by atoms with Gasteiger partial charge in [-0.05, 0) is 55.4 Å². The third kappa shape index (κ3) is 5.66. The molecule has 0 bridgehead atoms. The summed E-state index contributed by atoms with van der Waals surface area (Å²) in [6.07, 6.45) is 7.20. The first-order valence-corrected chi connectivity index (χ1v) is 11.5. The van der Waals surface area contributed by atoms with Crippen molar-refractivity contribution in [3.63, 3.8) is 0 Å². The number of aromatic nitrogens is 1. The fourth-order valence-electron chi connectivity index (χ4n) is 3.42. The number of benzene rings is 1. The molecule has 29 heavy (non-hydrogen) atoms. The molecule has 1 N–H and O–H groups in total. The van der Waals surface area contributed by atoms with Crippen LogP contribution in [-0.2, 0) is 16.4 Å². The van der Waals surface area contributed by atoms with E-state index in [4.69, 9.17) is 4.74 Å². The number of sulfone groups is 1. The minimum absolute atomic E-state index is 0.189. The molecule has 1 aromatic heterocycles. The molecule has 1 saturated carbocycles. The van der Waals surface area contributed by atoms with E-state index in [2.05, 4.69) is 17.2 Å². The number of rotatable bonds is 7. The van der Waals surface area contributed by atoms with Crippen molar-refractivity contribution in [2.45, 2.75) is 50.2 Å². The summed E-state index contributed by atoms with van der Waals surface area (Å²) in [5.41, 5.74) is 0.967. The molecule has 0 aliphatic heterocycles. The minimum Gasteiger partial charge on any atom is -0.474 e. The van der Waals surface area contributed by atoms with Crippen LogP contribution in [0.3, 0.4) is 0 Å². The van der Waals surface area contributed by atoms with Crippen LogP contribution in [0.15, 0.2) is 41.4 Å². The van der Waals surface area contributed by atoms with Crippen LogP contribution in [0.1, 0.15) is 38.2 Å². The molecule has 0 spiro atoms. The second kappa shape index (κ2) is 8.77. The molecule has 0 radical (unpaired) electrons. The predicted octanol–water partition coefficient (Wildman–Crippen LogP) is 3.96. The van der Waals surface area contributed by atoms with Gasteiger partial charge in [-0.1, -0.05) is 6.92 Å². The first kappa shape index (κ1) is 21.0. The molecule has 9 heteroatoms. The Morgan fingerprint density at radius 2 is 1.93 bits per heavy atom. The fourth-order valence-corrected chi connectivity index (χ4v) is 4.28. The van der Waals surface area contributed by atoms with Gasteiger partial charge in [-0.25, -0.2) is 13.4 Å². The highest BCUT2D eigenvalue weighted by Crippen LogP contribution is 2.28. The lowest BCUT2D eigenvalue weighted by Crippen LogP contribution is -2.23. The molecule has 8 nitrogen and oxygen atoms in total. The number of nitro groups is 1. The second-order valence-corrected chi connectivity index (χ2v) is 9.55. The van der Waals surface area contributed by atoms with Crippen LogP contribution < -0.4 is 10.1 Å². The number of pyridine rings is 1. The summed E-state index contributed by atoms with van der Waals surface area (Å²) in [4.78, 5) is 14.4. The largest absolute Gasteiger partial charge is 0.474 e. The number of nitrogens with one attached hydrogen (secondary N) is 1. The van der Waals surface area contributed by atoms with E-state index in [1.165, 1.54) is 18.2 Å². The van der Waals surface area contributed by atoms with Gasteiger partial charge in [-0.2, -0.15) is 0 Å². The molecule has 1 aliphatic carbocycles. The molecule has 0 atom stereocenters. The summed E-state index contributed by atoms with van der Waals surface area (Å²) in [5, 5.41) is 14.2. The second-order valence-electron chi connectivity index (χ2n) is 7.57. The average Bonchev–Trinajstić information content (AvgIpc) is 2.67. The van der Waals surface area contributed by atoms with E-state index in [9.17, 15) is 18.5 Å². The van der Waals surface area contributed by atoms with Crippen molar-refractivity contribution >= 4 is 21.2 Å². The molecule has 0 saturated heterocycles. The van der Waals surface area contributed by atoms with E-state index in [0.29, 0.717) is 18.1 Å². The van der Waals surface area contributed by atoms with E-state index in [1.807, 2.05) is 12.1 Å². The molecule has 0 amide bonds. The summed E-state index contributed by atoms with van der Waals surface area (Å²) in [6, 6.07) is 7.67. The Bertz CT molecular complexity index is 985. The molecule has 156 valence electrons. The van der Waals surface area contributed by atoms with Crippen molar-refractivity contribution in [2.75, 3.05) is 11.6 Å². The maximum Gasteiger partial charge on any atom is 0.288 e. The third-order valence-electron chi connectivity index (χ3n) is 5.10. The van der Waals surface area contributed by atoms with Crippen LogP contribution in [0.5, 0.6) is 5.88 Å². The summed E-state index contributed by atoms with van der Waals surface area (Å²) in [6.45, 7) is 2.66. The smallest absolute Gasteiger partial charge is 0.288 e. The van der Waals surface area contributed by atoms with E-state index in [1.54, 1.807) is 6.20 Å². The lowest BCUT2D eigenvalue weighted by Gasteiger charge is -2.26. The fraction of sp³-hybridized carbons (Fsp3) is 0.450. The van der Waals surface area contributed by atoms with E-state index >= 15 is 0 Å².